The molecule has 78 valence electrons. The first-order valence-electron chi connectivity index (χ1n) is 4.70. The molecule has 1 heterocycles. The molecular formula is C11H12BrN3. The zero-order valence-corrected chi connectivity index (χ0v) is 10.0. The van der Waals surface area contributed by atoms with Crippen molar-refractivity contribution in [3.63, 3.8) is 0 Å². The van der Waals surface area contributed by atoms with Crippen LogP contribution in [-0.4, -0.2) is 9.55 Å². The number of nitrogens with zero attached hydrogens (tertiary/aromatic N) is 2. The van der Waals surface area contributed by atoms with E-state index >= 15 is 0 Å². The first-order chi connectivity index (χ1) is 7.25. The highest BCUT2D eigenvalue weighted by atomic mass is 79.9. The second-order valence-corrected chi connectivity index (χ2v) is 4.28. The summed E-state index contributed by atoms with van der Waals surface area (Å²) in [6, 6.07) is 8.11. The molecule has 0 amide bonds. The van der Waals surface area contributed by atoms with Crippen molar-refractivity contribution in [2.75, 3.05) is 5.32 Å². The van der Waals surface area contributed by atoms with Gasteiger partial charge in [0.2, 0.25) is 0 Å². The van der Waals surface area contributed by atoms with Crippen molar-refractivity contribution in [3.05, 3.63) is 47.0 Å². The SMILES string of the molecule is Cn1cncc1CNc1cccc(Br)c1. The second kappa shape index (κ2) is 4.49. The minimum Gasteiger partial charge on any atom is -0.379 e. The normalized spacial score (nSPS) is 10.3. The van der Waals surface area contributed by atoms with Crippen molar-refractivity contribution in [2.24, 2.45) is 7.05 Å². The maximum absolute atomic E-state index is 4.07. The van der Waals surface area contributed by atoms with E-state index in [1.165, 1.54) is 0 Å². The third kappa shape index (κ3) is 2.59. The highest BCUT2D eigenvalue weighted by Gasteiger charge is 1.98. The molecule has 3 nitrogen and oxygen atoms in total. The summed E-state index contributed by atoms with van der Waals surface area (Å²) in [7, 11) is 1.99. The van der Waals surface area contributed by atoms with Gasteiger partial charge in [-0.3, -0.25) is 0 Å². The summed E-state index contributed by atoms with van der Waals surface area (Å²) in [5.41, 5.74) is 2.26. The summed E-state index contributed by atoms with van der Waals surface area (Å²) in [6.07, 6.45) is 3.67. The van der Waals surface area contributed by atoms with Crippen molar-refractivity contribution in [3.8, 4) is 0 Å². The summed E-state index contributed by atoms with van der Waals surface area (Å²) < 4.78 is 3.09. The molecule has 0 aliphatic rings. The Balaban J connectivity index is 2.02. The maximum atomic E-state index is 4.07. The summed E-state index contributed by atoms with van der Waals surface area (Å²) in [5, 5.41) is 3.34. The number of halogens is 1. The lowest BCUT2D eigenvalue weighted by Gasteiger charge is -2.06. The van der Waals surface area contributed by atoms with Gasteiger partial charge in [0, 0.05) is 23.4 Å². The van der Waals surface area contributed by atoms with Crippen LogP contribution in [0.5, 0.6) is 0 Å². The van der Waals surface area contributed by atoms with E-state index in [-0.39, 0.29) is 0 Å². The second-order valence-electron chi connectivity index (χ2n) is 3.36. The number of aryl methyl sites for hydroxylation is 1. The largest absolute Gasteiger partial charge is 0.379 e. The van der Waals surface area contributed by atoms with Gasteiger partial charge >= 0.3 is 0 Å². The predicted octanol–water partition coefficient (Wildman–Crippen LogP) is 2.79. The molecule has 2 rings (SSSR count). The Hall–Kier alpha value is -1.29. The Labute approximate surface area is 97.3 Å². The molecule has 0 saturated heterocycles. The Morgan fingerprint density at radius 1 is 1.47 bits per heavy atom. The first kappa shape index (κ1) is 10.2. The molecule has 0 aliphatic carbocycles. The molecule has 15 heavy (non-hydrogen) atoms. The molecular weight excluding hydrogens is 254 g/mol. The van der Waals surface area contributed by atoms with E-state index in [0.29, 0.717) is 0 Å². The fourth-order valence-electron chi connectivity index (χ4n) is 1.35. The van der Waals surface area contributed by atoms with Crippen LogP contribution in [0.4, 0.5) is 5.69 Å². The van der Waals surface area contributed by atoms with Gasteiger partial charge in [-0.2, -0.15) is 0 Å². The molecule has 1 aromatic carbocycles. The number of hydrogen-bond donors (Lipinski definition) is 1. The van der Waals surface area contributed by atoms with Crippen LogP contribution in [0.1, 0.15) is 5.69 Å². The zero-order chi connectivity index (χ0) is 10.7. The average Bonchev–Trinajstić information content (AvgIpc) is 2.61. The van der Waals surface area contributed by atoms with E-state index in [1.807, 2.05) is 36.0 Å². The molecule has 1 aromatic heterocycles. The zero-order valence-electron chi connectivity index (χ0n) is 8.44. The molecule has 0 aliphatic heterocycles. The molecule has 4 heteroatoms. The van der Waals surface area contributed by atoms with Crippen molar-refractivity contribution in [1.29, 1.82) is 0 Å². The predicted molar refractivity (Wildman–Crippen MR) is 64.7 cm³/mol. The molecule has 0 spiro atoms. The fourth-order valence-corrected chi connectivity index (χ4v) is 1.75. The van der Waals surface area contributed by atoms with Gasteiger partial charge in [0.05, 0.1) is 18.6 Å². The lowest BCUT2D eigenvalue weighted by Crippen LogP contribution is -2.03. The van der Waals surface area contributed by atoms with Gasteiger partial charge in [0.15, 0.2) is 0 Å². The molecule has 0 unspecified atom stereocenters. The third-order valence-corrected chi connectivity index (χ3v) is 2.71. The lowest BCUT2D eigenvalue weighted by atomic mass is 10.3. The van der Waals surface area contributed by atoms with Gasteiger partial charge in [0.25, 0.3) is 0 Å². The summed E-state index contributed by atoms with van der Waals surface area (Å²) in [4.78, 5) is 4.07. The van der Waals surface area contributed by atoms with Gasteiger partial charge < -0.3 is 9.88 Å². The van der Waals surface area contributed by atoms with Crippen LogP contribution in [0.25, 0.3) is 0 Å². The quantitative estimate of drug-likeness (QED) is 0.925. The van der Waals surface area contributed by atoms with Gasteiger partial charge in [-0.15, -0.1) is 0 Å². The van der Waals surface area contributed by atoms with E-state index in [0.717, 1.165) is 22.4 Å². The number of hydrogen-bond acceptors (Lipinski definition) is 2. The molecule has 0 radical (unpaired) electrons. The van der Waals surface area contributed by atoms with Crippen LogP contribution in [0, 0.1) is 0 Å². The van der Waals surface area contributed by atoms with Gasteiger partial charge in [-0.05, 0) is 18.2 Å². The van der Waals surface area contributed by atoms with Crippen LogP contribution in [0.3, 0.4) is 0 Å². The van der Waals surface area contributed by atoms with E-state index in [1.54, 1.807) is 6.33 Å². The number of nitrogens with one attached hydrogen (secondary N) is 1. The van der Waals surface area contributed by atoms with Crippen LogP contribution in [0.2, 0.25) is 0 Å². The Morgan fingerprint density at radius 3 is 3.00 bits per heavy atom. The van der Waals surface area contributed by atoms with Gasteiger partial charge in [-0.1, -0.05) is 22.0 Å². The van der Waals surface area contributed by atoms with E-state index in [4.69, 9.17) is 0 Å². The molecule has 0 fully saturated rings. The van der Waals surface area contributed by atoms with E-state index in [9.17, 15) is 0 Å². The number of rotatable bonds is 3. The first-order valence-corrected chi connectivity index (χ1v) is 5.49. The Morgan fingerprint density at radius 2 is 2.33 bits per heavy atom. The van der Waals surface area contributed by atoms with Crippen LogP contribution in [0.15, 0.2) is 41.3 Å². The standard InChI is InChI=1S/C11H12BrN3/c1-15-8-13-6-11(15)7-14-10-4-2-3-9(12)5-10/h2-6,8,14H,7H2,1H3. The van der Waals surface area contributed by atoms with E-state index < -0.39 is 0 Å². The molecule has 2 aromatic rings. The maximum Gasteiger partial charge on any atom is 0.0946 e. The highest BCUT2D eigenvalue weighted by molar-refractivity contribution is 9.10. The number of aromatic nitrogens is 2. The van der Waals surface area contributed by atoms with E-state index in [2.05, 4.69) is 32.3 Å². The highest BCUT2D eigenvalue weighted by Crippen LogP contribution is 2.16. The molecule has 1 N–H and O–H groups in total. The minimum absolute atomic E-state index is 0.785. The van der Waals surface area contributed by atoms with Crippen molar-refractivity contribution in [1.82, 2.24) is 9.55 Å². The minimum atomic E-state index is 0.785. The lowest BCUT2D eigenvalue weighted by molar-refractivity contribution is 0.837. The number of imidazole rings is 1. The van der Waals surface area contributed by atoms with Crippen LogP contribution >= 0.6 is 15.9 Å². The summed E-state index contributed by atoms with van der Waals surface area (Å²) in [5.74, 6) is 0. The van der Waals surface area contributed by atoms with Crippen LogP contribution < -0.4 is 5.32 Å². The topological polar surface area (TPSA) is 29.9 Å². The van der Waals surface area contributed by atoms with Gasteiger partial charge in [0.1, 0.15) is 0 Å². The third-order valence-electron chi connectivity index (χ3n) is 2.21. The molecule has 0 saturated carbocycles. The Bertz CT molecular complexity index is 451. The van der Waals surface area contributed by atoms with Crippen molar-refractivity contribution < 1.29 is 0 Å². The fraction of sp³-hybridized carbons (Fsp3) is 0.182. The number of anilines is 1. The monoisotopic (exact) mass is 265 g/mol. The number of benzene rings is 1. The van der Waals surface area contributed by atoms with Crippen LogP contribution in [-0.2, 0) is 13.6 Å². The van der Waals surface area contributed by atoms with Crippen molar-refractivity contribution >= 4 is 21.6 Å². The van der Waals surface area contributed by atoms with Gasteiger partial charge in [-0.25, -0.2) is 4.98 Å². The smallest absolute Gasteiger partial charge is 0.0946 e. The molecule has 0 atom stereocenters. The summed E-state index contributed by atoms with van der Waals surface area (Å²) >= 11 is 3.44. The average molecular weight is 266 g/mol. The van der Waals surface area contributed by atoms with Crippen molar-refractivity contribution in [2.45, 2.75) is 6.54 Å². The summed E-state index contributed by atoms with van der Waals surface area (Å²) in [6.45, 7) is 0.785. The molecule has 0 bridgehead atoms. The Kier molecular flexibility index (Phi) is 3.06.